The van der Waals surface area contributed by atoms with Gasteiger partial charge in [-0.15, -0.1) is 0 Å². The molecule has 1 fully saturated rings. The van der Waals surface area contributed by atoms with Crippen molar-refractivity contribution < 1.29 is 14.4 Å². The summed E-state index contributed by atoms with van der Waals surface area (Å²) in [5, 5.41) is 2.28. The van der Waals surface area contributed by atoms with Crippen LogP contribution in [-0.4, -0.2) is 28.7 Å². The number of amides is 3. The number of nitrogens with zero attached hydrogens (tertiary/aromatic N) is 1. The molecular formula is C13H11BrN2O3. The minimum Gasteiger partial charge on any atom is -0.322 e. The van der Waals surface area contributed by atoms with E-state index in [9.17, 15) is 14.4 Å². The first-order valence-corrected chi connectivity index (χ1v) is 6.78. The summed E-state index contributed by atoms with van der Waals surface area (Å²) in [7, 11) is 0. The van der Waals surface area contributed by atoms with Gasteiger partial charge in [-0.25, -0.2) is 0 Å². The molecule has 2 aliphatic rings. The lowest BCUT2D eigenvalue weighted by Gasteiger charge is -2.29. The summed E-state index contributed by atoms with van der Waals surface area (Å²) < 4.78 is 0.907. The third-order valence-corrected chi connectivity index (χ3v) is 3.98. The molecule has 1 atom stereocenters. The zero-order chi connectivity index (χ0) is 13.6. The molecule has 0 saturated carbocycles. The third kappa shape index (κ3) is 2.06. The standard InChI is InChI=1S/C13H11BrN2O3/c14-8-1-2-9-7(5-8)6-16(13(9)19)10-3-4-11(17)15-12(10)18/h1-2,5,10H,3-4,6H2,(H,15,17,18). The van der Waals surface area contributed by atoms with Gasteiger partial charge in [0, 0.05) is 23.0 Å². The number of fused-ring (bicyclic) bond motifs is 1. The van der Waals surface area contributed by atoms with Crippen LogP contribution in [0.2, 0.25) is 0 Å². The highest BCUT2D eigenvalue weighted by atomic mass is 79.9. The van der Waals surface area contributed by atoms with Crippen LogP contribution in [0.25, 0.3) is 0 Å². The number of halogens is 1. The highest BCUT2D eigenvalue weighted by molar-refractivity contribution is 9.10. The zero-order valence-corrected chi connectivity index (χ0v) is 11.6. The van der Waals surface area contributed by atoms with Gasteiger partial charge in [-0.1, -0.05) is 15.9 Å². The maximum Gasteiger partial charge on any atom is 0.255 e. The molecule has 0 aromatic heterocycles. The van der Waals surface area contributed by atoms with Crippen LogP contribution < -0.4 is 5.32 Å². The van der Waals surface area contributed by atoms with Crippen molar-refractivity contribution in [2.45, 2.75) is 25.4 Å². The average Bonchev–Trinajstić information content (AvgIpc) is 2.66. The monoisotopic (exact) mass is 322 g/mol. The average molecular weight is 323 g/mol. The quantitative estimate of drug-likeness (QED) is 0.790. The van der Waals surface area contributed by atoms with E-state index in [2.05, 4.69) is 21.2 Å². The van der Waals surface area contributed by atoms with E-state index in [1.165, 1.54) is 0 Å². The number of imide groups is 1. The lowest BCUT2D eigenvalue weighted by Crippen LogP contribution is -2.52. The topological polar surface area (TPSA) is 66.5 Å². The van der Waals surface area contributed by atoms with E-state index in [0.29, 0.717) is 18.5 Å². The minimum atomic E-state index is -0.545. The molecule has 0 spiro atoms. The van der Waals surface area contributed by atoms with Gasteiger partial charge in [-0.2, -0.15) is 0 Å². The molecule has 1 aromatic rings. The summed E-state index contributed by atoms with van der Waals surface area (Å²) in [5.74, 6) is -0.790. The predicted molar refractivity (Wildman–Crippen MR) is 70.2 cm³/mol. The van der Waals surface area contributed by atoms with Gasteiger partial charge in [0.25, 0.3) is 5.91 Å². The Morgan fingerprint density at radius 1 is 1.26 bits per heavy atom. The van der Waals surface area contributed by atoms with Crippen molar-refractivity contribution in [1.29, 1.82) is 0 Å². The minimum absolute atomic E-state index is 0.142. The van der Waals surface area contributed by atoms with Crippen molar-refractivity contribution in [3.05, 3.63) is 33.8 Å². The SMILES string of the molecule is O=C1CCC(N2Cc3cc(Br)ccc3C2=O)C(=O)N1. The first-order valence-electron chi connectivity index (χ1n) is 5.99. The van der Waals surface area contributed by atoms with Gasteiger partial charge in [-0.05, 0) is 30.2 Å². The molecular weight excluding hydrogens is 312 g/mol. The maximum atomic E-state index is 12.3. The van der Waals surface area contributed by atoms with Crippen molar-refractivity contribution in [1.82, 2.24) is 10.2 Å². The molecule has 2 aliphatic heterocycles. The molecule has 0 aliphatic carbocycles. The van der Waals surface area contributed by atoms with Gasteiger partial charge in [0.2, 0.25) is 11.8 Å². The van der Waals surface area contributed by atoms with E-state index in [0.717, 1.165) is 10.0 Å². The van der Waals surface area contributed by atoms with Crippen LogP contribution in [0.15, 0.2) is 22.7 Å². The van der Waals surface area contributed by atoms with Crippen molar-refractivity contribution in [2.75, 3.05) is 0 Å². The van der Waals surface area contributed by atoms with Crippen LogP contribution in [0.5, 0.6) is 0 Å². The molecule has 19 heavy (non-hydrogen) atoms. The van der Waals surface area contributed by atoms with Crippen molar-refractivity contribution in [3.8, 4) is 0 Å². The van der Waals surface area contributed by atoms with Crippen molar-refractivity contribution in [2.24, 2.45) is 0 Å². The second-order valence-electron chi connectivity index (χ2n) is 4.70. The number of carbonyl (C=O) groups excluding carboxylic acids is 3. The molecule has 3 rings (SSSR count). The number of hydrogen-bond donors (Lipinski definition) is 1. The van der Waals surface area contributed by atoms with Crippen LogP contribution in [0, 0.1) is 0 Å². The molecule has 6 heteroatoms. The molecule has 1 aromatic carbocycles. The molecule has 1 N–H and O–H groups in total. The summed E-state index contributed by atoms with van der Waals surface area (Å²) >= 11 is 3.37. The number of carbonyl (C=O) groups is 3. The second kappa shape index (κ2) is 4.45. The molecule has 0 radical (unpaired) electrons. The van der Waals surface area contributed by atoms with E-state index < -0.39 is 6.04 Å². The van der Waals surface area contributed by atoms with Crippen LogP contribution >= 0.6 is 15.9 Å². The fourth-order valence-corrected chi connectivity index (χ4v) is 2.95. The maximum absolute atomic E-state index is 12.3. The molecule has 98 valence electrons. The van der Waals surface area contributed by atoms with Gasteiger partial charge in [0.1, 0.15) is 6.04 Å². The van der Waals surface area contributed by atoms with E-state index in [1.54, 1.807) is 11.0 Å². The van der Waals surface area contributed by atoms with E-state index in [4.69, 9.17) is 0 Å². The zero-order valence-electron chi connectivity index (χ0n) is 9.98. The first kappa shape index (κ1) is 12.3. The lowest BCUT2D eigenvalue weighted by molar-refractivity contribution is -0.136. The summed E-state index contributed by atoms with van der Waals surface area (Å²) in [6.45, 7) is 0.417. The van der Waals surface area contributed by atoms with Gasteiger partial charge in [-0.3, -0.25) is 19.7 Å². The number of piperidine rings is 1. The lowest BCUT2D eigenvalue weighted by atomic mass is 10.0. The predicted octanol–water partition coefficient (Wildman–Crippen LogP) is 1.21. The third-order valence-electron chi connectivity index (χ3n) is 3.49. The fraction of sp³-hybridized carbons (Fsp3) is 0.308. The van der Waals surface area contributed by atoms with E-state index >= 15 is 0 Å². The molecule has 1 unspecified atom stereocenters. The van der Waals surface area contributed by atoms with Crippen LogP contribution in [-0.2, 0) is 16.1 Å². The van der Waals surface area contributed by atoms with Gasteiger partial charge in [0.15, 0.2) is 0 Å². The summed E-state index contributed by atoms with van der Waals surface area (Å²) in [6, 6.07) is 4.91. The van der Waals surface area contributed by atoms with Gasteiger partial charge in [0.05, 0.1) is 0 Å². The molecule has 5 nitrogen and oxygen atoms in total. The second-order valence-corrected chi connectivity index (χ2v) is 5.62. The summed E-state index contributed by atoms with van der Waals surface area (Å²) in [5.41, 5.74) is 1.54. The molecule has 3 amide bonds. The normalized spacial score (nSPS) is 22.5. The van der Waals surface area contributed by atoms with Crippen LogP contribution in [0.4, 0.5) is 0 Å². The Labute approximate surface area is 118 Å². The molecule has 2 heterocycles. The Morgan fingerprint density at radius 2 is 2.05 bits per heavy atom. The largest absolute Gasteiger partial charge is 0.322 e. The van der Waals surface area contributed by atoms with Crippen LogP contribution in [0.1, 0.15) is 28.8 Å². The van der Waals surface area contributed by atoms with E-state index in [1.807, 2.05) is 12.1 Å². The Hall–Kier alpha value is -1.69. The van der Waals surface area contributed by atoms with E-state index in [-0.39, 0.29) is 24.1 Å². The fourth-order valence-electron chi connectivity index (χ4n) is 2.54. The van der Waals surface area contributed by atoms with Gasteiger partial charge < -0.3 is 4.90 Å². The summed E-state index contributed by atoms with van der Waals surface area (Å²) in [4.78, 5) is 36.8. The smallest absolute Gasteiger partial charge is 0.255 e. The Bertz CT molecular complexity index is 600. The summed E-state index contributed by atoms with van der Waals surface area (Å²) in [6.07, 6.45) is 0.672. The molecule has 0 bridgehead atoms. The van der Waals surface area contributed by atoms with Crippen molar-refractivity contribution >= 4 is 33.7 Å². The Balaban J connectivity index is 1.87. The number of nitrogens with one attached hydrogen (secondary N) is 1. The number of rotatable bonds is 1. The number of benzene rings is 1. The van der Waals surface area contributed by atoms with Crippen molar-refractivity contribution in [3.63, 3.8) is 0 Å². The Morgan fingerprint density at radius 3 is 2.79 bits per heavy atom. The number of hydrogen-bond acceptors (Lipinski definition) is 3. The van der Waals surface area contributed by atoms with Crippen LogP contribution in [0.3, 0.4) is 0 Å². The highest BCUT2D eigenvalue weighted by Gasteiger charge is 2.38. The molecule has 1 saturated heterocycles. The van der Waals surface area contributed by atoms with Gasteiger partial charge >= 0.3 is 0 Å². The first-order chi connectivity index (χ1) is 9.06. The highest BCUT2D eigenvalue weighted by Crippen LogP contribution is 2.29. The Kier molecular flexibility index (Phi) is 2.89.